The minimum atomic E-state index is -1.07. The predicted octanol–water partition coefficient (Wildman–Crippen LogP) is 10.2. The van der Waals surface area contributed by atoms with Crippen LogP contribution < -0.4 is 0 Å². The highest BCUT2D eigenvalue weighted by atomic mass is 16.4. The summed E-state index contributed by atoms with van der Waals surface area (Å²) in [7, 11) is 0. The minimum Gasteiger partial charge on any atom is -0.478 e. The number of carboxylic acids is 4. The van der Waals surface area contributed by atoms with Gasteiger partial charge in [0.05, 0.1) is 22.3 Å². The van der Waals surface area contributed by atoms with Crippen LogP contribution in [0.15, 0.2) is 109 Å². The summed E-state index contributed by atoms with van der Waals surface area (Å²) >= 11 is 0. The Morgan fingerprint density at radius 1 is 0.312 bits per heavy atom. The number of hydrogen-bond acceptors (Lipinski definition) is 4. The van der Waals surface area contributed by atoms with E-state index in [1.807, 2.05) is 60.7 Å². The lowest BCUT2D eigenvalue weighted by molar-refractivity contribution is 0.0686. The molecule has 306 valence electrons. The van der Waals surface area contributed by atoms with Crippen LogP contribution in [0, 0.1) is 75.1 Å². The first-order valence-corrected chi connectivity index (χ1v) is 19.9. The average Bonchev–Trinajstić information content (AvgIpc) is 3.25. The van der Waals surface area contributed by atoms with Gasteiger partial charge in [0.25, 0.3) is 0 Å². The Morgan fingerprint density at radius 2 is 0.531 bits per heavy atom. The third-order valence-electron chi connectivity index (χ3n) is 10.6. The van der Waals surface area contributed by atoms with E-state index in [9.17, 15) is 39.6 Å². The summed E-state index contributed by atoms with van der Waals surface area (Å²) in [5.41, 5.74) is 7.86. The van der Waals surface area contributed by atoms with Gasteiger partial charge in [0.2, 0.25) is 0 Å². The molecule has 0 fully saturated rings. The zero-order chi connectivity index (χ0) is 45.4. The second-order valence-electron chi connectivity index (χ2n) is 15.6. The Kier molecular flexibility index (Phi) is 10.9. The van der Waals surface area contributed by atoms with Crippen molar-refractivity contribution in [2.45, 2.75) is 27.7 Å². The molecule has 0 spiro atoms. The molecule has 0 aliphatic rings. The van der Waals surface area contributed by atoms with E-state index in [1.165, 1.54) is 24.3 Å². The highest BCUT2D eigenvalue weighted by molar-refractivity contribution is 6.27. The van der Waals surface area contributed by atoms with Crippen molar-refractivity contribution >= 4 is 56.2 Å². The molecule has 64 heavy (non-hydrogen) atoms. The Balaban J connectivity index is 1.44. The SMILES string of the molecule is Cc1cc(C#Cc2cc(C#Cc3cc(C)cc(C(=O)O)c3)c3ccc4c(C#Cc5cc(C)cc(C(=O)O)c5)cc(C#Cc5cc(C)cc(C(=O)O)c5)c5ccc2c3c54)cc(C(=O)O)c1. The number of rotatable bonds is 4. The van der Waals surface area contributed by atoms with E-state index in [4.69, 9.17) is 0 Å². The van der Waals surface area contributed by atoms with Crippen LogP contribution in [-0.2, 0) is 0 Å². The standard InChI is InChI=1S/C56H34O8/c1-31-17-35(25-43(21-31)53(57)58)5-9-39-29-40(10-6-36-18-32(2)22-44(26-36)54(59)60)48-15-16-50-42(12-8-38-20-34(4)24-46(28-38)56(63)64)30-41(49-14-13-47(39)51(48)52(49)50)11-7-37-19-33(3)23-45(27-37)55(61)62/h13-30H,1-4H3,(H,57,58)(H,59,60)(H,61,62)(H,63,64). The Morgan fingerprint density at radius 3 is 0.734 bits per heavy atom. The summed E-state index contributed by atoms with van der Waals surface area (Å²) in [5.74, 6) is 21.6. The number of carbonyl (C=O) groups is 4. The Labute approximate surface area is 367 Å². The lowest BCUT2D eigenvalue weighted by atomic mass is 9.86. The zero-order valence-electron chi connectivity index (χ0n) is 34.8. The van der Waals surface area contributed by atoms with Gasteiger partial charge in [-0.05, 0) is 167 Å². The molecule has 0 aromatic heterocycles. The number of hydrogen-bond donors (Lipinski definition) is 4. The zero-order valence-corrected chi connectivity index (χ0v) is 34.8. The number of carboxylic acid groups (broad SMARTS) is 4. The molecule has 8 aromatic rings. The first-order valence-electron chi connectivity index (χ1n) is 19.9. The van der Waals surface area contributed by atoms with Crippen LogP contribution in [0.2, 0.25) is 0 Å². The largest absolute Gasteiger partial charge is 0.478 e. The maximum atomic E-state index is 11.9. The molecule has 8 rings (SSSR count). The van der Waals surface area contributed by atoms with Crippen LogP contribution in [-0.4, -0.2) is 44.3 Å². The molecule has 0 aliphatic carbocycles. The van der Waals surface area contributed by atoms with Gasteiger partial charge in [-0.15, -0.1) is 0 Å². The van der Waals surface area contributed by atoms with Crippen molar-refractivity contribution in [3.63, 3.8) is 0 Å². The molecule has 0 aliphatic heterocycles. The van der Waals surface area contributed by atoms with Gasteiger partial charge in [-0.1, -0.05) is 71.6 Å². The van der Waals surface area contributed by atoms with E-state index >= 15 is 0 Å². The fourth-order valence-corrected chi connectivity index (χ4v) is 7.88. The maximum absolute atomic E-state index is 11.9. The summed E-state index contributed by atoms with van der Waals surface area (Å²) in [6.45, 7) is 7.21. The molecule has 8 heteroatoms. The predicted molar refractivity (Wildman–Crippen MR) is 247 cm³/mol. The number of aryl methyl sites for hydroxylation is 4. The van der Waals surface area contributed by atoms with Crippen molar-refractivity contribution in [1.82, 2.24) is 0 Å². The van der Waals surface area contributed by atoms with Gasteiger partial charge >= 0.3 is 23.9 Å². The van der Waals surface area contributed by atoms with Crippen molar-refractivity contribution < 1.29 is 39.6 Å². The van der Waals surface area contributed by atoms with E-state index in [2.05, 4.69) is 47.4 Å². The van der Waals surface area contributed by atoms with E-state index in [0.29, 0.717) is 44.5 Å². The molecule has 0 unspecified atom stereocenters. The van der Waals surface area contributed by atoms with Crippen LogP contribution in [0.25, 0.3) is 32.3 Å². The summed E-state index contributed by atoms with van der Waals surface area (Å²) in [4.78, 5) is 47.7. The van der Waals surface area contributed by atoms with Crippen LogP contribution in [0.5, 0.6) is 0 Å². The number of aromatic carboxylic acids is 4. The van der Waals surface area contributed by atoms with Gasteiger partial charge in [0.1, 0.15) is 0 Å². The molecule has 0 heterocycles. The fraction of sp³-hybridized carbons (Fsp3) is 0.0714. The summed E-state index contributed by atoms with van der Waals surface area (Å²) in [6.07, 6.45) is 0. The van der Waals surface area contributed by atoms with Crippen molar-refractivity contribution in [1.29, 1.82) is 0 Å². The molecule has 0 atom stereocenters. The van der Waals surface area contributed by atoms with Gasteiger partial charge < -0.3 is 20.4 Å². The van der Waals surface area contributed by atoms with Crippen molar-refractivity contribution in [2.75, 3.05) is 0 Å². The normalized spacial score (nSPS) is 10.5. The molecule has 0 bridgehead atoms. The molecule has 0 saturated carbocycles. The Hall–Kier alpha value is -9.08. The van der Waals surface area contributed by atoms with Crippen LogP contribution in [0.3, 0.4) is 0 Å². The summed E-state index contributed by atoms with van der Waals surface area (Å²) in [5, 5.41) is 43.7. The third-order valence-corrected chi connectivity index (χ3v) is 10.6. The average molecular weight is 835 g/mol. The molecule has 8 aromatic carbocycles. The van der Waals surface area contributed by atoms with Gasteiger partial charge in [0.15, 0.2) is 0 Å². The first kappa shape index (κ1) is 41.6. The highest BCUT2D eigenvalue weighted by Gasteiger charge is 2.18. The number of benzene rings is 8. The van der Waals surface area contributed by atoms with Crippen molar-refractivity contribution in [2.24, 2.45) is 0 Å². The quantitative estimate of drug-likeness (QED) is 0.101. The second-order valence-corrected chi connectivity index (χ2v) is 15.6. The second kappa shape index (κ2) is 16.8. The molecule has 0 radical (unpaired) electrons. The summed E-state index contributed by atoms with van der Waals surface area (Å²) in [6, 6.07) is 31.2. The maximum Gasteiger partial charge on any atom is 0.335 e. The fourth-order valence-electron chi connectivity index (χ4n) is 7.88. The van der Waals surface area contributed by atoms with Crippen LogP contribution in [0.1, 0.15) is 108 Å². The molecular formula is C56H34O8. The van der Waals surface area contributed by atoms with E-state index in [0.717, 1.165) is 54.6 Å². The van der Waals surface area contributed by atoms with E-state index in [-0.39, 0.29) is 22.3 Å². The van der Waals surface area contributed by atoms with E-state index < -0.39 is 23.9 Å². The summed E-state index contributed by atoms with van der Waals surface area (Å²) < 4.78 is 0. The van der Waals surface area contributed by atoms with Crippen molar-refractivity contribution in [3.8, 4) is 47.4 Å². The lowest BCUT2D eigenvalue weighted by Gasteiger charge is -2.16. The third kappa shape index (κ3) is 8.58. The van der Waals surface area contributed by atoms with Crippen LogP contribution in [0.4, 0.5) is 0 Å². The molecule has 4 N–H and O–H groups in total. The van der Waals surface area contributed by atoms with Gasteiger partial charge in [0, 0.05) is 44.5 Å². The van der Waals surface area contributed by atoms with E-state index in [1.54, 1.807) is 52.0 Å². The van der Waals surface area contributed by atoms with Gasteiger partial charge in [-0.25, -0.2) is 19.2 Å². The Bertz CT molecular complexity index is 3160. The highest BCUT2D eigenvalue weighted by Crippen LogP contribution is 2.40. The molecule has 0 saturated heterocycles. The molecular weight excluding hydrogens is 801 g/mol. The van der Waals surface area contributed by atoms with Crippen LogP contribution >= 0.6 is 0 Å². The molecule has 0 amide bonds. The molecule has 8 nitrogen and oxygen atoms in total. The minimum absolute atomic E-state index is 0.113. The monoisotopic (exact) mass is 834 g/mol. The first-order chi connectivity index (χ1) is 30.6. The van der Waals surface area contributed by atoms with Gasteiger partial charge in [-0.3, -0.25) is 0 Å². The topological polar surface area (TPSA) is 149 Å². The smallest absolute Gasteiger partial charge is 0.335 e. The van der Waals surface area contributed by atoms with Gasteiger partial charge in [-0.2, -0.15) is 0 Å². The lowest BCUT2D eigenvalue weighted by Crippen LogP contribution is -1.98. The van der Waals surface area contributed by atoms with Crippen molar-refractivity contribution in [3.05, 3.63) is 198 Å².